The number of halogens is 2. The van der Waals surface area contributed by atoms with Crippen LogP contribution in [0.25, 0.3) is 0 Å². The Hall–Kier alpha value is -1.89. The molecule has 3 nitrogen and oxygen atoms in total. The minimum atomic E-state index is -0.671. The Morgan fingerprint density at radius 1 is 1.41 bits per heavy atom. The Kier molecular flexibility index (Phi) is 5.18. The van der Waals surface area contributed by atoms with Crippen LogP contribution in [-0.2, 0) is 6.42 Å². The first-order chi connectivity index (χ1) is 10.4. The summed E-state index contributed by atoms with van der Waals surface area (Å²) >= 11 is 2.23. The number of hydrogen-bond donors (Lipinski definition) is 2. The number of carbonyl (C=O) groups excluding carboxylic acids is 1. The first kappa shape index (κ1) is 16.5. The second-order valence-corrected chi connectivity index (χ2v) is 6.17. The molecule has 0 bridgehead atoms. The third-order valence-corrected chi connectivity index (χ3v) is 3.93. The first-order valence-corrected chi connectivity index (χ1v) is 7.76. The summed E-state index contributed by atoms with van der Waals surface area (Å²) in [6, 6.07) is 8.43. The fourth-order valence-corrected chi connectivity index (χ4v) is 2.87. The van der Waals surface area contributed by atoms with Crippen LogP contribution in [0, 0.1) is 16.3 Å². The molecule has 0 fully saturated rings. The Morgan fingerprint density at radius 3 is 2.73 bits per heavy atom. The summed E-state index contributed by atoms with van der Waals surface area (Å²) in [7, 11) is 0. The number of carbonyl (C=O) groups is 1. The fourth-order valence-electron chi connectivity index (χ4n) is 2.22. The number of nitrogens with one attached hydrogen (secondary N) is 1. The maximum absolute atomic E-state index is 13.7. The van der Waals surface area contributed by atoms with Crippen molar-refractivity contribution in [3.05, 3.63) is 69.1 Å². The van der Waals surface area contributed by atoms with Gasteiger partial charge < -0.3 is 11.1 Å². The van der Waals surface area contributed by atoms with Crippen LogP contribution in [-0.4, -0.2) is 5.91 Å². The van der Waals surface area contributed by atoms with Gasteiger partial charge in [-0.25, -0.2) is 4.39 Å². The molecule has 0 saturated heterocycles. The Morgan fingerprint density at radius 2 is 2.14 bits per heavy atom. The van der Waals surface area contributed by atoms with Crippen LogP contribution in [0.2, 0.25) is 0 Å². The highest BCUT2D eigenvalue weighted by Crippen LogP contribution is 2.29. The van der Waals surface area contributed by atoms with E-state index in [1.54, 1.807) is 6.08 Å². The van der Waals surface area contributed by atoms with E-state index in [2.05, 4.69) is 34.5 Å². The largest absolute Gasteiger partial charge is 0.366 e. The molecule has 1 amide bonds. The molecule has 114 valence electrons. The van der Waals surface area contributed by atoms with Gasteiger partial charge in [-0.2, -0.15) is 0 Å². The Bertz CT molecular complexity index is 744. The number of primary amides is 1. The topological polar surface area (TPSA) is 55.1 Å². The van der Waals surface area contributed by atoms with E-state index in [0.717, 1.165) is 20.9 Å². The van der Waals surface area contributed by atoms with Crippen LogP contribution >= 0.6 is 22.6 Å². The predicted octanol–water partition coefficient (Wildman–Crippen LogP) is 4.31. The van der Waals surface area contributed by atoms with Crippen molar-refractivity contribution in [3.63, 3.8) is 0 Å². The van der Waals surface area contributed by atoms with Crippen molar-refractivity contribution in [1.29, 1.82) is 0 Å². The lowest BCUT2D eigenvalue weighted by Gasteiger charge is -2.16. The molecule has 0 radical (unpaired) electrons. The lowest BCUT2D eigenvalue weighted by molar-refractivity contribution is 0.100. The molecule has 22 heavy (non-hydrogen) atoms. The van der Waals surface area contributed by atoms with Crippen molar-refractivity contribution in [2.75, 3.05) is 5.32 Å². The molecule has 0 spiro atoms. The number of nitrogens with two attached hydrogens (primary N) is 1. The van der Waals surface area contributed by atoms with Gasteiger partial charge in [-0.1, -0.05) is 6.08 Å². The number of benzene rings is 2. The van der Waals surface area contributed by atoms with E-state index < -0.39 is 11.7 Å². The van der Waals surface area contributed by atoms with Crippen molar-refractivity contribution >= 4 is 39.9 Å². The third kappa shape index (κ3) is 3.65. The van der Waals surface area contributed by atoms with Crippen LogP contribution in [0.3, 0.4) is 0 Å². The van der Waals surface area contributed by atoms with Gasteiger partial charge in [0.25, 0.3) is 5.91 Å². The second kappa shape index (κ2) is 6.91. The van der Waals surface area contributed by atoms with Gasteiger partial charge in [-0.05, 0) is 77.4 Å². The van der Waals surface area contributed by atoms with Crippen LogP contribution in [0.5, 0.6) is 0 Å². The van der Waals surface area contributed by atoms with E-state index in [1.807, 2.05) is 25.1 Å². The zero-order chi connectivity index (χ0) is 16.3. The molecule has 2 aromatic carbocycles. The van der Waals surface area contributed by atoms with Gasteiger partial charge in [0, 0.05) is 9.26 Å². The third-order valence-electron chi connectivity index (χ3n) is 3.26. The summed E-state index contributed by atoms with van der Waals surface area (Å²) in [5.41, 5.74) is 8.56. The van der Waals surface area contributed by atoms with E-state index in [1.165, 1.54) is 6.07 Å². The van der Waals surface area contributed by atoms with Crippen molar-refractivity contribution in [2.24, 2.45) is 5.73 Å². The summed E-state index contributed by atoms with van der Waals surface area (Å²) in [5, 5.41) is 3.21. The van der Waals surface area contributed by atoms with Crippen LogP contribution < -0.4 is 11.1 Å². The average molecular weight is 410 g/mol. The summed E-state index contributed by atoms with van der Waals surface area (Å²) in [4.78, 5) is 11.6. The van der Waals surface area contributed by atoms with Crippen LogP contribution in [0.1, 0.15) is 21.5 Å². The highest BCUT2D eigenvalue weighted by molar-refractivity contribution is 14.1. The maximum Gasteiger partial charge on any atom is 0.250 e. The predicted molar refractivity (Wildman–Crippen MR) is 96.0 cm³/mol. The number of amides is 1. The van der Waals surface area contributed by atoms with Gasteiger partial charge in [0.05, 0.1) is 11.3 Å². The zero-order valence-corrected chi connectivity index (χ0v) is 14.3. The molecule has 0 atom stereocenters. The molecule has 0 aromatic heterocycles. The standard InChI is InChI=1S/C17H16FIN2O/c1-3-4-11-8-12(18)9-14(17(20)22)16(11)21-15-6-5-13(19)7-10(15)2/h3,5-9,21H,1,4H2,2H3,(H2,20,22). The zero-order valence-electron chi connectivity index (χ0n) is 12.1. The number of allylic oxidation sites excluding steroid dienone is 1. The molecule has 0 aliphatic carbocycles. The number of aryl methyl sites for hydroxylation is 1. The molecule has 0 aliphatic heterocycles. The smallest absolute Gasteiger partial charge is 0.250 e. The normalized spacial score (nSPS) is 10.3. The monoisotopic (exact) mass is 410 g/mol. The van der Waals surface area contributed by atoms with Gasteiger partial charge >= 0.3 is 0 Å². The first-order valence-electron chi connectivity index (χ1n) is 6.68. The molecular weight excluding hydrogens is 394 g/mol. The van der Waals surface area contributed by atoms with E-state index in [4.69, 9.17) is 5.73 Å². The summed E-state index contributed by atoms with van der Waals surface area (Å²) in [6.07, 6.45) is 2.09. The molecular formula is C17H16FIN2O. The number of hydrogen-bond acceptors (Lipinski definition) is 2. The number of rotatable bonds is 5. The lowest BCUT2D eigenvalue weighted by Crippen LogP contribution is -2.15. The molecule has 0 saturated carbocycles. The second-order valence-electron chi connectivity index (χ2n) is 4.93. The van der Waals surface area contributed by atoms with Crippen molar-refractivity contribution in [2.45, 2.75) is 13.3 Å². The van der Waals surface area contributed by atoms with Crippen molar-refractivity contribution < 1.29 is 9.18 Å². The highest BCUT2D eigenvalue weighted by Gasteiger charge is 2.15. The Labute approximate surface area is 142 Å². The maximum atomic E-state index is 13.7. The van der Waals surface area contributed by atoms with Gasteiger partial charge in [-0.3, -0.25) is 4.79 Å². The molecule has 0 unspecified atom stereocenters. The van der Waals surface area contributed by atoms with Gasteiger partial charge in [-0.15, -0.1) is 6.58 Å². The summed E-state index contributed by atoms with van der Waals surface area (Å²) in [6.45, 7) is 5.63. The van der Waals surface area contributed by atoms with E-state index in [0.29, 0.717) is 17.7 Å². The lowest BCUT2D eigenvalue weighted by atomic mass is 10.0. The van der Waals surface area contributed by atoms with Crippen LogP contribution in [0.4, 0.5) is 15.8 Å². The van der Waals surface area contributed by atoms with Crippen molar-refractivity contribution in [1.82, 2.24) is 0 Å². The SMILES string of the molecule is C=CCc1cc(F)cc(C(N)=O)c1Nc1ccc(I)cc1C. The van der Waals surface area contributed by atoms with Crippen LogP contribution in [0.15, 0.2) is 43.0 Å². The summed E-state index contributed by atoms with van der Waals surface area (Å²) < 4.78 is 14.8. The van der Waals surface area contributed by atoms with E-state index >= 15 is 0 Å². The minimum absolute atomic E-state index is 0.134. The van der Waals surface area contributed by atoms with E-state index in [9.17, 15) is 9.18 Å². The molecule has 2 rings (SSSR count). The fraction of sp³-hybridized carbons (Fsp3) is 0.118. The van der Waals surface area contributed by atoms with Gasteiger partial charge in [0.2, 0.25) is 0 Å². The average Bonchev–Trinajstić information content (AvgIpc) is 2.43. The Balaban J connectivity index is 2.56. The number of anilines is 2. The van der Waals surface area contributed by atoms with Crippen molar-refractivity contribution in [3.8, 4) is 0 Å². The molecule has 0 aliphatic rings. The quantitative estimate of drug-likeness (QED) is 0.570. The van der Waals surface area contributed by atoms with Gasteiger partial charge in [0.1, 0.15) is 5.82 Å². The molecule has 2 aromatic rings. The van der Waals surface area contributed by atoms with Gasteiger partial charge in [0.15, 0.2) is 0 Å². The van der Waals surface area contributed by atoms with E-state index in [-0.39, 0.29) is 5.56 Å². The minimum Gasteiger partial charge on any atom is -0.366 e. The molecule has 0 heterocycles. The summed E-state index contributed by atoms with van der Waals surface area (Å²) in [5.74, 6) is -1.16. The molecule has 5 heteroatoms. The molecule has 3 N–H and O–H groups in total. The highest BCUT2D eigenvalue weighted by atomic mass is 127.